The third-order valence-corrected chi connectivity index (χ3v) is 19.0. The summed E-state index contributed by atoms with van der Waals surface area (Å²) in [6, 6.07) is 118. The van der Waals surface area contributed by atoms with Gasteiger partial charge in [0.2, 0.25) is 23.0 Å². The normalized spacial score (nSPS) is 11.0. The Kier molecular flexibility index (Phi) is 26.6. The van der Waals surface area contributed by atoms with Gasteiger partial charge < -0.3 is 56.8 Å². The second kappa shape index (κ2) is 40.2. The summed E-state index contributed by atoms with van der Waals surface area (Å²) in [5, 5.41) is 6.61. The number of rotatable bonds is 39. The van der Waals surface area contributed by atoms with Crippen LogP contribution < -0.4 is 62.3 Å². The van der Waals surface area contributed by atoms with Crippen LogP contribution >= 0.6 is 0 Å². The van der Waals surface area contributed by atoms with E-state index in [0.717, 1.165) is 66.4 Å². The molecule has 117 heavy (non-hydrogen) atoms. The van der Waals surface area contributed by atoms with Gasteiger partial charge in [-0.15, -0.1) is 0 Å². The van der Waals surface area contributed by atoms with Gasteiger partial charge in [-0.05, 0) is 138 Å². The van der Waals surface area contributed by atoms with Crippen LogP contribution in [0.5, 0.6) is 69.0 Å². The second-order valence-corrected chi connectivity index (χ2v) is 27.7. The summed E-state index contributed by atoms with van der Waals surface area (Å²) in [5.74, 6) is 3.38. The van der Waals surface area contributed by atoms with E-state index in [1.54, 1.807) is 18.3 Å². The van der Waals surface area contributed by atoms with Crippen LogP contribution in [0.15, 0.2) is 369 Å². The van der Waals surface area contributed by atoms with Crippen LogP contribution in [-0.2, 0) is 79.3 Å². The molecule has 1 amide bonds. The average Bonchev–Trinajstić information content (AvgIpc) is 0.819. The summed E-state index contributed by atoms with van der Waals surface area (Å²) in [6.07, 6.45) is 1.61. The molecular weight excluding hydrogens is 1460 g/mol. The number of nitrogens with zero attached hydrogens (tertiary/aromatic N) is 1. The van der Waals surface area contributed by atoms with Crippen LogP contribution in [0.2, 0.25) is 0 Å². The average molecular weight is 1550 g/mol. The fraction of sp³-hybridized carbons (Fsp3) is 0.118. The Morgan fingerprint density at radius 1 is 0.214 bits per heavy atom. The number of fused-ring (bicyclic) bond motifs is 1. The third kappa shape index (κ3) is 22.4. The van der Waals surface area contributed by atoms with E-state index in [0.29, 0.717) is 68.4 Å². The van der Waals surface area contributed by atoms with E-state index in [2.05, 4.69) is 10.5 Å². The molecule has 0 bridgehead atoms. The molecule has 0 aliphatic rings. The monoisotopic (exact) mass is 1550 g/mol. The van der Waals surface area contributed by atoms with Crippen molar-refractivity contribution in [3.8, 4) is 69.0 Å². The number of benzene rings is 15. The van der Waals surface area contributed by atoms with Gasteiger partial charge >= 0.3 is 0 Å². The smallest absolute Gasteiger partial charge is 0.271 e. The number of hydrogen-bond acceptors (Lipinski definition) is 14. The van der Waals surface area contributed by atoms with Gasteiger partial charge in [-0.3, -0.25) is 4.79 Å². The number of hydrazone groups is 1. The zero-order chi connectivity index (χ0) is 79.3. The zero-order valence-electron chi connectivity index (χ0n) is 64.5. The lowest BCUT2D eigenvalue weighted by atomic mass is 10.1. The summed E-state index contributed by atoms with van der Waals surface area (Å²) in [5.41, 5.74) is 14.0. The lowest BCUT2D eigenvalue weighted by Gasteiger charge is -2.22. The molecule has 0 atom stereocenters. The van der Waals surface area contributed by atoms with Crippen molar-refractivity contribution in [3.05, 3.63) is 442 Å². The molecule has 0 saturated heterocycles. The number of carbonyl (C=O) groups is 1. The maximum Gasteiger partial charge on any atom is 0.271 e. The van der Waals surface area contributed by atoms with Gasteiger partial charge in [0, 0.05) is 5.56 Å². The van der Waals surface area contributed by atoms with Crippen molar-refractivity contribution in [2.75, 3.05) is 0 Å². The molecule has 0 heterocycles. The highest BCUT2D eigenvalue weighted by molar-refractivity contribution is 5.97. The number of carbonyl (C=O) groups excluding carboxylic acids is 1. The van der Waals surface area contributed by atoms with Gasteiger partial charge in [-0.1, -0.05) is 309 Å². The SMILES string of the molecule is O=C(N/N=C/c1ccc2ccccc2c1)c1cc(OCc2cc(OCc3ccccc3)c(OCc3ccccc3)c(OCc3ccccc3)c2)c(OCc2cc(OCc3ccccc3)c(OCc3ccccc3)c(OCc3ccccc3)c2)c(OCc2cc(OCc3ccccc3)c(OCc3ccccc3)c(OCc3ccccc3)c2)c1. The molecule has 0 radical (unpaired) electrons. The highest BCUT2D eigenvalue weighted by Crippen LogP contribution is 2.47. The van der Waals surface area contributed by atoms with Crippen molar-refractivity contribution < 1.29 is 61.6 Å². The molecule has 0 fully saturated rings. The van der Waals surface area contributed by atoms with E-state index in [-0.39, 0.29) is 102 Å². The van der Waals surface area contributed by atoms with E-state index >= 15 is 4.79 Å². The van der Waals surface area contributed by atoms with E-state index in [1.807, 2.05) is 352 Å². The molecular formula is C102H86N2O13. The molecule has 582 valence electrons. The molecule has 0 saturated carbocycles. The first-order valence-corrected chi connectivity index (χ1v) is 38.8. The number of ether oxygens (including phenoxy) is 12. The maximum absolute atomic E-state index is 15.2. The molecule has 0 aromatic heterocycles. The first kappa shape index (κ1) is 77.6. The van der Waals surface area contributed by atoms with Crippen LogP contribution in [0.4, 0.5) is 0 Å². The highest BCUT2D eigenvalue weighted by atomic mass is 16.6. The molecule has 0 unspecified atom stereocenters. The molecule has 15 nitrogen and oxygen atoms in total. The van der Waals surface area contributed by atoms with Crippen molar-refractivity contribution in [1.82, 2.24) is 5.43 Å². The van der Waals surface area contributed by atoms with E-state index in [4.69, 9.17) is 56.8 Å². The molecule has 15 aromatic rings. The Labute approximate surface area is 681 Å². The quantitative estimate of drug-likeness (QED) is 0.0288. The number of hydrogen-bond donors (Lipinski definition) is 1. The van der Waals surface area contributed by atoms with Crippen LogP contribution in [0.3, 0.4) is 0 Å². The Morgan fingerprint density at radius 3 is 0.675 bits per heavy atom. The Balaban J connectivity index is 0.863. The molecule has 1 N–H and O–H groups in total. The third-order valence-electron chi connectivity index (χ3n) is 19.0. The van der Waals surface area contributed by atoms with Crippen molar-refractivity contribution in [2.45, 2.75) is 79.3 Å². The minimum absolute atomic E-state index is 0.114. The predicted octanol–water partition coefficient (Wildman–Crippen LogP) is 22.6. The molecule has 0 spiro atoms. The number of nitrogens with one attached hydrogen (secondary N) is 1. The molecule has 15 rings (SSSR count). The maximum atomic E-state index is 15.2. The topological polar surface area (TPSA) is 152 Å². The van der Waals surface area contributed by atoms with Crippen molar-refractivity contribution in [3.63, 3.8) is 0 Å². The summed E-state index contributed by atoms with van der Waals surface area (Å²) in [6.45, 7) is 1.44. The lowest BCUT2D eigenvalue weighted by Crippen LogP contribution is -2.18. The van der Waals surface area contributed by atoms with Crippen molar-refractivity contribution in [1.29, 1.82) is 0 Å². The fourth-order valence-electron chi connectivity index (χ4n) is 12.9. The van der Waals surface area contributed by atoms with Crippen LogP contribution in [0.1, 0.15) is 82.7 Å². The summed E-state index contributed by atoms with van der Waals surface area (Å²) < 4.78 is 82.8. The fourth-order valence-corrected chi connectivity index (χ4v) is 12.9. The Bertz CT molecular complexity index is 5300. The van der Waals surface area contributed by atoms with Crippen molar-refractivity contribution >= 4 is 22.9 Å². The second-order valence-electron chi connectivity index (χ2n) is 27.7. The lowest BCUT2D eigenvalue weighted by molar-refractivity contribution is 0.0953. The van der Waals surface area contributed by atoms with Crippen LogP contribution in [0.25, 0.3) is 10.8 Å². The standard InChI is InChI=1S/C102H86N2O13/c105-102(104-103-61-83-50-51-87-48-28-29-49-88(87)52-83)89-59-96(112-71-84-53-90(106-62-74-30-10-1-11-31-74)98(114-68-80-42-22-7-23-43-80)91(54-84)107-63-75-32-12-2-13-33-75)101(117-73-86-57-94(110-66-78-38-18-5-19-39-78)100(116-70-82-46-26-9-27-47-82)95(58-86)111-67-79-40-20-6-21-41-79)97(60-89)113-72-85-55-92(108-64-76-34-14-3-15-35-76)99(115-69-81-44-24-8-25-45-81)93(56-85)109-65-77-36-16-4-17-37-77/h1-61H,62-73H2,(H,104,105)/b103-61+. The molecule has 0 aliphatic heterocycles. The minimum atomic E-state index is -0.582. The Hall–Kier alpha value is -14.7. The van der Waals surface area contributed by atoms with Crippen molar-refractivity contribution in [2.24, 2.45) is 5.10 Å². The molecule has 0 aliphatic carbocycles. The van der Waals surface area contributed by atoms with Gasteiger partial charge in [-0.2, -0.15) is 5.10 Å². The zero-order valence-corrected chi connectivity index (χ0v) is 64.5. The van der Waals surface area contributed by atoms with Gasteiger partial charge in [0.15, 0.2) is 46.0 Å². The van der Waals surface area contributed by atoms with E-state index < -0.39 is 5.91 Å². The molecule has 15 heteroatoms. The van der Waals surface area contributed by atoms with E-state index in [1.165, 1.54) is 0 Å². The van der Waals surface area contributed by atoms with Gasteiger partial charge in [0.1, 0.15) is 79.3 Å². The van der Waals surface area contributed by atoms with Crippen LogP contribution in [0, 0.1) is 0 Å². The first-order chi connectivity index (χ1) is 57.9. The van der Waals surface area contributed by atoms with Gasteiger partial charge in [-0.25, -0.2) is 5.43 Å². The van der Waals surface area contributed by atoms with Gasteiger partial charge in [0.05, 0.1) is 6.21 Å². The predicted molar refractivity (Wildman–Crippen MR) is 455 cm³/mol. The molecule has 15 aromatic carbocycles. The van der Waals surface area contributed by atoms with Gasteiger partial charge in [0.25, 0.3) is 5.91 Å². The van der Waals surface area contributed by atoms with E-state index in [9.17, 15) is 0 Å². The minimum Gasteiger partial charge on any atom is -0.485 e. The largest absolute Gasteiger partial charge is 0.485 e. The van der Waals surface area contributed by atoms with Crippen LogP contribution in [-0.4, -0.2) is 12.1 Å². The number of amides is 1. The summed E-state index contributed by atoms with van der Waals surface area (Å²) in [7, 11) is 0. The summed E-state index contributed by atoms with van der Waals surface area (Å²) in [4.78, 5) is 15.2. The summed E-state index contributed by atoms with van der Waals surface area (Å²) >= 11 is 0. The highest BCUT2D eigenvalue weighted by Gasteiger charge is 2.26. The first-order valence-electron chi connectivity index (χ1n) is 38.8. The Morgan fingerprint density at radius 2 is 0.419 bits per heavy atom.